The lowest BCUT2D eigenvalue weighted by Gasteiger charge is -2.28. The first-order valence-electron chi connectivity index (χ1n) is 6.96. The molecule has 0 aliphatic heterocycles. The van der Waals surface area contributed by atoms with Gasteiger partial charge in [0, 0.05) is 27.7 Å². The highest BCUT2D eigenvalue weighted by molar-refractivity contribution is 5.94. The molecule has 0 atom stereocenters. The lowest BCUT2D eigenvalue weighted by molar-refractivity contribution is 0.352. The van der Waals surface area contributed by atoms with E-state index in [0.29, 0.717) is 0 Å². The van der Waals surface area contributed by atoms with Gasteiger partial charge in [0.25, 0.3) is 0 Å². The zero-order valence-electron chi connectivity index (χ0n) is 12.4. The molecular weight excluding hydrogens is 230 g/mol. The van der Waals surface area contributed by atoms with Crippen molar-refractivity contribution in [2.24, 2.45) is 0 Å². The molecule has 0 aliphatic carbocycles. The normalized spacial score (nSPS) is 12.4. The summed E-state index contributed by atoms with van der Waals surface area (Å²) < 4.78 is 2.44. The second-order valence-corrected chi connectivity index (χ2v) is 5.52. The molecule has 0 amide bonds. The van der Waals surface area contributed by atoms with Gasteiger partial charge >= 0.3 is 0 Å². The number of hydrogen-bond donors (Lipinski definition) is 0. The predicted octanol–water partition coefficient (Wildman–Crippen LogP) is 5.46. The van der Waals surface area contributed by atoms with Gasteiger partial charge in [0.1, 0.15) is 0 Å². The average molecular weight is 253 g/mol. The predicted molar refractivity (Wildman–Crippen MR) is 86.4 cm³/mol. The maximum absolute atomic E-state index is 4.00. The van der Waals surface area contributed by atoms with Gasteiger partial charge in [0.15, 0.2) is 0 Å². The summed E-state index contributed by atoms with van der Waals surface area (Å²) in [6, 6.07) is 8.59. The largest absolute Gasteiger partial charge is 0.335 e. The summed E-state index contributed by atoms with van der Waals surface area (Å²) in [5, 5.41) is 1.28. The zero-order valence-corrected chi connectivity index (χ0v) is 12.4. The van der Waals surface area contributed by atoms with Crippen LogP contribution in [0, 0.1) is 0 Å². The number of rotatable bonds is 4. The van der Waals surface area contributed by atoms with E-state index < -0.39 is 0 Å². The second-order valence-electron chi connectivity index (χ2n) is 5.52. The topological polar surface area (TPSA) is 4.93 Å². The molecule has 100 valence electrons. The van der Waals surface area contributed by atoms with E-state index in [2.05, 4.69) is 75.3 Å². The van der Waals surface area contributed by atoms with Crippen LogP contribution >= 0.6 is 0 Å². The van der Waals surface area contributed by atoms with Crippen molar-refractivity contribution in [2.45, 2.75) is 39.7 Å². The van der Waals surface area contributed by atoms with Crippen LogP contribution in [0.1, 0.15) is 45.4 Å². The Morgan fingerprint density at radius 3 is 2.53 bits per heavy atom. The van der Waals surface area contributed by atoms with Crippen LogP contribution in [0.5, 0.6) is 0 Å². The van der Waals surface area contributed by atoms with Crippen LogP contribution in [0.4, 0.5) is 0 Å². The first kappa shape index (κ1) is 13.7. The molecule has 19 heavy (non-hydrogen) atoms. The fourth-order valence-electron chi connectivity index (χ4n) is 2.63. The lowest BCUT2D eigenvalue weighted by atomic mass is 10.0. The number of hydrogen-bond acceptors (Lipinski definition) is 0. The smallest absolute Gasteiger partial charge is 0.0496 e. The van der Waals surface area contributed by atoms with E-state index in [0.717, 1.165) is 6.42 Å². The molecule has 2 rings (SSSR count). The van der Waals surface area contributed by atoms with Crippen LogP contribution in [0.25, 0.3) is 23.1 Å². The number of fused-ring (bicyclic) bond motifs is 1. The molecule has 0 unspecified atom stereocenters. The van der Waals surface area contributed by atoms with Gasteiger partial charge < -0.3 is 4.57 Å². The molecule has 0 N–H and O–H groups in total. The number of allylic oxidation sites excluding steroid dienone is 1. The summed E-state index contributed by atoms with van der Waals surface area (Å²) in [5.41, 5.74) is 3.87. The number of nitrogens with zero attached hydrogens (tertiary/aromatic N) is 1. The van der Waals surface area contributed by atoms with Gasteiger partial charge in [0.2, 0.25) is 0 Å². The minimum atomic E-state index is 0.0930. The van der Waals surface area contributed by atoms with Gasteiger partial charge in [-0.05, 0) is 39.3 Å². The Labute approximate surface area is 116 Å². The van der Waals surface area contributed by atoms with Gasteiger partial charge in [-0.2, -0.15) is 0 Å². The van der Waals surface area contributed by atoms with Crippen molar-refractivity contribution in [2.75, 3.05) is 0 Å². The van der Waals surface area contributed by atoms with Crippen LogP contribution < -0.4 is 0 Å². The molecule has 0 radical (unpaired) electrons. The van der Waals surface area contributed by atoms with E-state index in [4.69, 9.17) is 0 Å². The van der Waals surface area contributed by atoms with E-state index in [-0.39, 0.29) is 5.54 Å². The Balaban J connectivity index is 2.94. The Bertz CT molecular complexity index is 626. The maximum atomic E-state index is 4.00. The van der Waals surface area contributed by atoms with Crippen molar-refractivity contribution in [1.29, 1.82) is 0 Å². The van der Waals surface area contributed by atoms with E-state index in [1.807, 2.05) is 6.08 Å². The SMILES string of the molecule is C=Cc1c(/C=C\C)n(C(C)(C)CC)c2ccccc12. The fourth-order valence-corrected chi connectivity index (χ4v) is 2.63. The van der Waals surface area contributed by atoms with Gasteiger partial charge in [-0.15, -0.1) is 0 Å². The van der Waals surface area contributed by atoms with E-state index >= 15 is 0 Å². The quantitative estimate of drug-likeness (QED) is 0.681. The molecule has 0 saturated heterocycles. The van der Waals surface area contributed by atoms with E-state index in [1.165, 1.54) is 22.2 Å². The van der Waals surface area contributed by atoms with Crippen LogP contribution in [-0.4, -0.2) is 4.57 Å². The molecule has 0 bridgehead atoms. The highest BCUT2D eigenvalue weighted by Crippen LogP contribution is 2.34. The monoisotopic (exact) mass is 253 g/mol. The molecule has 1 nitrogen and oxygen atoms in total. The molecule has 0 saturated carbocycles. The Morgan fingerprint density at radius 1 is 1.26 bits per heavy atom. The molecule has 0 spiro atoms. The second kappa shape index (κ2) is 5.08. The highest BCUT2D eigenvalue weighted by Gasteiger charge is 2.24. The van der Waals surface area contributed by atoms with Crippen LogP contribution in [-0.2, 0) is 5.54 Å². The Kier molecular flexibility index (Phi) is 3.66. The first-order valence-corrected chi connectivity index (χ1v) is 6.96. The molecular formula is C18H23N. The molecule has 1 heteroatoms. The summed E-state index contributed by atoms with van der Waals surface area (Å²) in [7, 11) is 0. The standard InChI is InChI=1S/C18H23N/c1-6-11-16-14(7-2)15-12-9-10-13-17(15)19(16)18(4,5)8-3/h6-7,9-13H,2,8H2,1,3-5H3/b11-6-. The number of benzene rings is 1. The number of aromatic nitrogens is 1. The summed E-state index contributed by atoms with van der Waals surface area (Å²) >= 11 is 0. The lowest BCUT2D eigenvalue weighted by Crippen LogP contribution is -2.26. The zero-order chi connectivity index (χ0) is 14.0. The van der Waals surface area contributed by atoms with Crippen molar-refractivity contribution in [3.63, 3.8) is 0 Å². The van der Waals surface area contributed by atoms with Gasteiger partial charge in [-0.1, -0.05) is 43.9 Å². The van der Waals surface area contributed by atoms with Gasteiger partial charge in [-0.3, -0.25) is 0 Å². The van der Waals surface area contributed by atoms with Crippen molar-refractivity contribution in [1.82, 2.24) is 4.57 Å². The highest BCUT2D eigenvalue weighted by atomic mass is 15.1. The molecule has 1 heterocycles. The summed E-state index contributed by atoms with van der Waals surface area (Å²) in [4.78, 5) is 0. The van der Waals surface area contributed by atoms with Crippen LogP contribution in [0.3, 0.4) is 0 Å². The molecule has 0 aliphatic rings. The molecule has 1 aromatic heterocycles. The minimum absolute atomic E-state index is 0.0930. The third-order valence-corrected chi connectivity index (χ3v) is 3.95. The number of para-hydroxylation sites is 1. The van der Waals surface area contributed by atoms with Crippen molar-refractivity contribution in [3.8, 4) is 0 Å². The van der Waals surface area contributed by atoms with Crippen molar-refractivity contribution < 1.29 is 0 Å². The Morgan fingerprint density at radius 2 is 1.95 bits per heavy atom. The van der Waals surface area contributed by atoms with Gasteiger partial charge in [0.05, 0.1) is 0 Å². The van der Waals surface area contributed by atoms with Crippen molar-refractivity contribution in [3.05, 3.63) is 48.2 Å². The summed E-state index contributed by atoms with van der Waals surface area (Å²) in [6.45, 7) is 12.9. The summed E-state index contributed by atoms with van der Waals surface area (Å²) in [5.74, 6) is 0. The minimum Gasteiger partial charge on any atom is -0.335 e. The third-order valence-electron chi connectivity index (χ3n) is 3.95. The Hall–Kier alpha value is -1.76. The summed E-state index contributed by atoms with van der Waals surface area (Å²) in [6.07, 6.45) is 7.35. The van der Waals surface area contributed by atoms with E-state index in [1.54, 1.807) is 0 Å². The van der Waals surface area contributed by atoms with Crippen LogP contribution in [0.2, 0.25) is 0 Å². The molecule has 2 aromatic rings. The molecule has 1 aromatic carbocycles. The van der Waals surface area contributed by atoms with Crippen molar-refractivity contribution >= 4 is 23.1 Å². The van der Waals surface area contributed by atoms with E-state index in [9.17, 15) is 0 Å². The van der Waals surface area contributed by atoms with Crippen LogP contribution in [0.15, 0.2) is 36.9 Å². The maximum Gasteiger partial charge on any atom is 0.0496 e. The first-order chi connectivity index (χ1) is 9.06. The fraction of sp³-hybridized carbons (Fsp3) is 0.333. The van der Waals surface area contributed by atoms with Gasteiger partial charge in [-0.25, -0.2) is 0 Å². The average Bonchev–Trinajstić information content (AvgIpc) is 2.73. The third kappa shape index (κ3) is 2.14. The molecule has 0 fully saturated rings.